The molecule has 0 bridgehead atoms. The number of rotatable bonds is 4. The summed E-state index contributed by atoms with van der Waals surface area (Å²) in [6.07, 6.45) is -5.31. The molecule has 0 aromatic heterocycles. The molecule has 1 aliphatic heterocycles. The predicted octanol–water partition coefficient (Wildman–Crippen LogP) is 2.43. The van der Waals surface area contributed by atoms with Crippen molar-refractivity contribution in [3.8, 4) is 11.8 Å². The zero-order chi connectivity index (χ0) is 19.7. The van der Waals surface area contributed by atoms with E-state index < -0.39 is 29.1 Å². The van der Waals surface area contributed by atoms with Crippen LogP contribution in [0.2, 0.25) is 0 Å². The number of halogens is 3. The lowest BCUT2D eigenvalue weighted by Gasteiger charge is -2.30. The first kappa shape index (κ1) is 19.3. The van der Waals surface area contributed by atoms with Crippen LogP contribution in [0.15, 0.2) is 35.5 Å². The van der Waals surface area contributed by atoms with Crippen molar-refractivity contribution in [2.75, 3.05) is 0 Å². The Balaban J connectivity index is 2.38. The fourth-order valence-electron chi connectivity index (χ4n) is 2.55. The fraction of sp³-hybridized carbons (Fsp3) is 0.353. The molecule has 1 unspecified atom stereocenters. The van der Waals surface area contributed by atoms with Crippen LogP contribution in [0.5, 0.6) is 5.75 Å². The average molecular weight is 367 g/mol. The van der Waals surface area contributed by atoms with Crippen molar-refractivity contribution >= 4 is 11.8 Å². The Kier molecular flexibility index (Phi) is 4.98. The number of amides is 2. The molecule has 9 heteroatoms. The first-order valence-electron chi connectivity index (χ1n) is 7.61. The molecule has 1 aromatic rings. The van der Waals surface area contributed by atoms with Crippen molar-refractivity contribution in [1.82, 2.24) is 10.6 Å². The van der Waals surface area contributed by atoms with Gasteiger partial charge in [0.1, 0.15) is 5.75 Å². The molecular formula is C17H16F3N3O3. The number of carbonyl (C=O) groups excluding carboxylic acids is 2. The standard InChI is InChI=1S/C17H16F3N3O3/c1-9(2)26-12-6-4-11(5-7-12)14(24)23-16(17(18,19)20)13(8-21)10(3)22-15(16)25/h4-7,9H,1-3H3,(H,22,25)(H,23,24). The lowest BCUT2D eigenvalue weighted by Crippen LogP contribution is -2.64. The molecule has 1 aliphatic rings. The highest BCUT2D eigenvalue weighted by atomic mass is 19.4. The number of hydrogen-bond donors (Lipinski definition) is 2. The molecule has 2 amide bonds. The molecule has 0 spiro atoms. The molecule has 26 heavy (non-hydrogen) atoms. The van der Waals surface area contributed by atoms with E-state index in [4.69, 9.17) is 10.00 Å². The van der Waals surface area contributed by atoms with Crippen LogP contribution in [0.25, 0.3) is 0 Å². The topological polar surface area (TPSA) is 91.2 Å². The Morgan fingerprint density at radius 2 is 1.88 bits per heavy atom. The summed E-state index contributed by atoms with van der Waals surface area (Å²) in [7, 11) is 0. The van der Waals surface area contributed by atoms with E-state index in [2.05, 4.69) is 0 Å². The maximum absolute atomic E-state index is 13.7. The van der Waals surface area contributed by atoms with Gasteiger partial charge in [0.2, 0.25) is 0 Å². The molecule has 0 fully saturated rings. The largest absolute Gasteiger partial charge is 0.491 e. The van der Waals surface area contributed by atoms with Crippen molar-refractivity contribution < 1.29 is 27.5 Å². The predicted molar refractivity (Wildman–Crippen MR) is 84.9 cm³/mol. The second-order valence-corrected chi connectivity index (χ2v) is 5.96. The summed E-state index contributed by atoms with van der Waals surface area (Å²) in [6.45, 7) is 4.75. The van der Waals surface area contributed by atoms with Crippen LogP contribution in [-0.2, 0) is 4.79 Å². The molecular weight excluding hydrogens is 351 g/mol. The zero-order valence-electron chi connectivity index (χ0n) is 14.2. The number of nitrogens with zero attached hydrogens (tertiary/aromatic N) is 1. The van der Waals surface area contributed by atoms with E-state index in [-0.39, 0.29) is 17.4 Å². The van der Waals surface area contributed by atoms with Gasteiger partial charge >= 0.3 is 6.18 Å². The summed E-state index contributed by atoms with van der Waals surface area (Å²) in [5.41, 5.74) is -4.67. The number of ether oxygens (including phenoxy) is 1. The fourth-order valence-corrected chi connectivity index (χ4v) is 2.55. The highest BCUT2D eigenvalue weighted by Gasteiger charge is 2.67. The lowest BCUT2D eigenvalue weighted by atomic mass is 9.90. The van der Waals surface area contributed by atoms with Gasteiger partial charge in [0.25, 0.3) is 17.4 Å². The maximum atomic E-state index is 13.7. The van der Waals surface area contributed by atoms with Crippen LogP contribution in [0.4, 0.5) is 13.2 Å². The van der Waals surface area contributed by atoms with Gasteiger partial charge in [0.05, 0.1) is 17.7 Å². The van der Waals surface area contributed by atoms with Gasteiger partial charge in [0, 0.05) is 11.3 Å². The molecule has 0 saturated heterocycles. The summed E-state index contributed by atoms with van der Waals surface area (Å²) >= 11 is 0. The number of nitrogens with one attached hydrogen (secondary N) is 2. The summed E-state index contributed by atoms with van der Waals surface area (Å²) in [5.74, 6) is -2.22. The highest BCUT2D eigenvalue weighted by molar-refractivity contribution is 6.04. The third-order valence-corrected chi connectivity index (χ3v) is 3.72. The molecule has 0 aliphatic carbocycles. The van der Waals surface area contributed by atoms with Crippen LogP contribution in [0.3, 0.4) is 0 Å². The third-order valence-electron chi connectivity index (χ3n) is 3.72. The first-order valence-corrected chi connectivity index (χ1v) is 7.61. The molecule has 0 radical (unpaired) electrons. The number of benzene rings is 1. The quantitative estimate of drug-likeness (QED) is 0.855. The van der Waals surface area contributed by atoms with Crippen molar-refractivity contribution in [2.24, 2.45) is 0 Å². The summed E-state index contributed by atoms with van der Waals surface area (Å²) in [4.78, 5) is 24.3. The second kappa shape index (κ2) is 6.71. The van der Waals surface area contributed by atoms with Crippen LogP contribution in [0.1, 0.15) is 31.1 Å². The molecule has 2 N–H and O–H groups in total. The van der Waals surface area contributed by atoms with E-state index >= 15 is 0 Å². The van der Waals surface area contributed by atoms with E-state index in [9.17, 15) is 22.8 Å². The Bertz CT molecular complexity index is 807. The number of alkyl halides is 3. The Morgan fingerprint density at radius 1 is 1.31 bits per heavy atom. The number of nitriles is 1. The van der Waals surface area contributed by atoms with E-state index in [1.165, 1.54) is 30.3 Å². The van der Waals surface area contributed by atoms with Crippen LogP contribution >= 0.6 is 0 Å². The number of carbonyl (C=O) groups is 2. The minimum Gasteiger partial charge on any atom is -0.491 e. The van der Waals surface area contributed by atoms with E-state index in [1.807, 2.05) is 5.32 Å². The van der Waals surface area contributed by atoms with Gasteiger partial charge in [-0.25, -0.2) is 0 Å². The highest BCUT2D eigenvalue weighted by Crippen LogP contribution is 2.40. The maximum Gasteiger partial charge on any atom is 0.425 e. The van der Waals surface area contributed by atoms with Crippen molar-refractivity contribution in [3.63, 3.8) is 0 Å². The van der Waals surface area contributed by atoms with Gasteiger partial charge in [0.15, 0.2) is 0 Å². The van der Waals surface area contributed by atoms with Gasteiger partial charge in [-0.15, -0.1) is 0 Å². The normalized spacial score (nSPS) is 20.0. The number of hydrogen-bond acceptors (Lipinski definition) is 4. The summed E-state index contributed by atoms with van der Waals surface area (Å²) in [5, 5.41) is 12.7. The second-order valence-electron chi connectivity index (χ2n) is 5.96. The van der Waals surface area contributed by atoms with Crippen LogP contribution < -0.4 is 15.4 Å². The summed E-state index contributed by atoms with van der Waals surface area (Å²) < 4.78 is 46.4. The van der Waals surface area contributed by atoms with Gasteiger partial charge in [-0.3, -0.25) is 9.59 Å². The van der Waals surface area contributed by atoms with Crippen molar-refractivity contribution in [3.05, 3.63) is 41.1 Å². The average Bonchev–Trinajstić information content (AvgIpc) is 2.77. The molecule has 1 heterocycles. The molecule has 138 valence electrons. The van der Waals surface area contributed by atoms with Gasteiger partial charge in [-0.05, 0) is 45.0 Å². The van der Waals surface area contributed by atoms with E-state index in [0.717, 1.165) is 6.92 Å². The Labute approximate surface area is 147 Å². The zero-order valence-corrected chi connectivity index (χ0v) is 14.2. The Morgan fingerprint density at radius 3 is 2.35 bits per heavy atom. The molecule has 0 saturated carbocycles. The monoisotopic (exact) mass is 367 g/mol. The van der Waals surface area contributed by atoms with E-state index in [0.29, 0.717) is 5.75 Å². The minimum absolute atomic E-state index is 0.112. The molecule has 1 aromatic carbocycles. The molecule has 6 nitrogen and oxygen atoms in total. The molecule has 2 rings (SSSR count). The minimum atomic E-state index is -5.20. The first-order chi connectivity index (χ1) is 12.0. The smallest absolute Gasteiger partial charge is 0.425 e. The van der Waals surface area contributed by atoms with Crippen molar-refractivity contribution in [1.29, 1.82) is 5.26 Å². The van der Waals surface area contributed by atoms with E-state index in [1.54, 1.807) is 19.2 Å². The summed E-state index contributed by atoms with van der Waals surface area (Å²) in [6, 6.07) is 6.77. The van der Waals surface area contributed by atoms with Crippen molar-refractivity contribution in [2.45, 2.75) is 38.6 Å². The van der Waals surface area contributed by atoms with Gasteiger partial charge in [-0.2, -0.15) is 18.4 Å². The Hall–Kier alpha value is -3.02. The lowest BCUT2D eigenvalue weighted by molar-refractivity contribution is -0.184. The van der Waals surface area contributed by atoms with Gasteiger partial charge < -0.3 is 15.4 Å². The third kappa shape index (κ3) is 3.22. The van der Waals surface area contributed by atoms with Crippen LogP contribution in [-0.4, -0.2) is 29.6 Å². The van der Waals surface area contributed by atoms with Gasteiger partial charge in [-0.1, -0.05) is 0 Å². The number of allylic oxidation sites excluding steroid dienone is 1. The molecule has 1 atom stereocenters. The SMILES string of the molecule is CC1=C(C#N)C(NC(=O)c2ccc(OC(C)C)cc2)(C(F)(F)F)C(=O)N1. The van der Waals surface area contributed by atoms with Crippen LogP contribution in [0, 0.1) is 11.3 Å².